The molecule has 0 aliphatic carbocycles. The lowest BCUT2D eigenvalue weighted by Gasteiger charge is -2.37. The lowest BCUT2D eigenvalue weighted by atomic mass is 9.83. The first-order valence-corrected chi connectivity index (χ1v) is 6.16. The minimum absolute atomic E-state index is 0.0492. The van der Waals surface area contributed by atoms with Crippen LogP contribution < -0.4 is 5.32 Å². The minimum atomic E-state index is -0.353. The summed E-state index contributed by atoms with van der Waals surface area (Å²) < 4.78 is 5.30. The number of hydrogen-bond donors (Lipinski definition) is 1. The smallest absolute Gasteiger partial charge is 0.324 e. The lowest BCUT2D eigenvalue weighted by molar-refractivity contribution is -0.154. The molecule has 0 bridgehead atoms. The summed E-state index contributed by atoms with van der Waals surface area (Å²) in [6.45, 7) is 8.13. The van der Waals surface area contributed by atoms with E-state index in [1.807, 2.05) is 44.2 Å². The highest BCUT2D eigenvalue weighted by Gasteiger charge is 2.39. The number of benzene rings is 1. The van der Waals surface area contributed by atoms with Crippen LogP contribution >= 0.6 is 0 Å². The maximum absolute atomic E-state index is 11.8. The number of carbonyl (C=O) groups excluding carboxylic acids is 1. The van der Waals surface area contributed by atoms with Crippen LogP contribution in [0, 0.1) is 5.41 Å². The highest BCUT2D eigenvalue weighted by atomic mass is 16.5. The predicted octanol–water partition coefficient (Wildman–Crippen LogP) is 2.45. The second-order valence-electron chi connectivity index (χ2n) is 5.22. The van der Waals surface area contributed by atoms with Crippen LogP contribution in [-0.4, -0.2) is 18.6 Å². The van der Waals surface area contributed by atoms with Gasteiger partial charge in [0.2, 0.25) is 0 Å². The van der Waals surface area contributed by atoms with Crippen LogP contribution in [0.4, 0.5) is 0 Å². The van der Waals surface area contributed by atoms with E-state index < -0.39 is 0 Å². The van der Waals surface area contributed by atoms with E-state index in [0.717, 1.165) is 5.56 Å². The van der Waals surface area contributed by atoms with Crippen molar-refractivity contribution in [2.45, 2.75) is 25.9 Å². The first-order valence-electron chi connectivity index (χ1n) is 6.16. The fourth-order valence-corrected chi connectivity index (χ4v) is 2.08. The van der Waals surface area contributed by atoms with Crippen LogP contribution in [0.25, 0.3) is 0 Å². The Kier molecular flexibility index (Phi) is 3.53. The zero-order valence-electron chi connectivity index (χ0n) is 10.8. The lowest BCUT2D eigenvalue weighted by Crippen LogP contribution is -2.54. The molecule has 3 heteroatoms. The molecule has 1 aromatic rings. The third-order valence-electron chi connectivity index (χ3n) is 3.47. The summed E-state index contributed by atoms with van der Waals surface area (Å²) in [4.78, 5) is 11.8. The molecule has 0 saturated carbocycles. The SMILES string of the molecule is C=CC(C)(C)[C@@H]1N[C@@H](c2ccccc2)COC1=O. The molecule has 1 aliphatic rings. The van der Waals surface area contributed by atoms with Gasteiger partial charge in [-0.1, -0.05) is 50.3 Å². The Morgan fingerprint density at radius 3 is 2.67 bits per heavy atom. The summed E-state index contributed by atoms with van der Waals surface area (Å²) in [5.74, 6) is -0.202. The Bertz CT molecular complexity index is 439. The molecule has 0 aromatic heterocycles. The maximum Gasteiger partial charge on any atom is 0.324 e. The van der Waals surface area contributed by atoms with E-state index in [0.29, 0.717) is 6.61 Å². The van der Waals surface area contributed by atoms with Gasteiger partial charge in [-0.15, -0.1) is 6.58 Å². The van der Waals surface area contributed by atoms with Crippen molar-refractivity contribution < 1.29 is 9.53 Å². The molecule has 1 N–H and O–H groups in total. The number of carbonyl (C=O) groups is 1. The Hall–Kier alpha value is -1.61. The van der Waals surface area contributed by atoms with Gasteiger partial charge in [0.1, 0.15) is 12.6 Å². The van der Waals surface area contributed by atoms with Crippen LogP contribution in [0.15, 0.2) is 43.0 Å². The van der Waals surface area contributed by atoms with E-state index in [-0.39, 0.29) is 23.5 Å². The molecule has 3 nitrogen and oxygen atoms in total. The Balaban J connectivity index is 2.19. The number of esters is 1. The van der Waals surface area contributed by atoms with Gasteiger partial charge >= 0.3 is 5.97 Å². The Labute approximate surface area is 108 Å². The summed E-state index contributed by atoms with van der Waals surface area (Å²) in [5, 5.41) is 3.36. The molecule has 0 unspecified atom stereocenters. The van der Waals surface area contributed by atoms with Gasteiger partial charge in [-0.2, -0.15) is 0 Å². The van der Waals surface area contributed by atoms with E-state index in [9.17, 15) is 4.79 Å². The normalized spacial score (nSPS) is 24.4. The first kappa shape index (κ1) is 12.8. The molecule has 1 aromatic carbocycles. The van der Waals surface area contributed by atoms with Gasteiger partial charge < -0.3 is 4.74 Å². The van der Waals surface area contributed by atoms with Crippen molar-refractivity contribution in [2.24, 2.45) is 5.41 Å². The third-order valence-corrected chi connectivity index (χ3v) is 3.47. The number of rotatable bonds is 3. The van der Waals surface area contributed by atoms with Gasteiger partial charge in [0, 0.05) is 5.41 Å². The van der Waals surface area contributed by atoms with Gasteiger partial charge in [-0.05, 0) is 5.56 Å². The van der Waals surface area contributed by atoms with Crippen molar-refractivity contribution in [2.75, 3.05) is 6.61 Å². The monoisotopic (exact) mass is 245 g/mol. The van der Waals surface area contributed by atoms with E-state index in [2.05, 4.69) is 11.9 Å². The van der Waals surface area contributed by atoms with Gasteiger partial charge in [0.15, 0.2) is 0 Å². The van der Waals surface area contributed by atoms with Crippen LogP contribution in [0.3, 0.4) is 0 Å². The Morgan fingerprint density at radius 1 is 1.39 bits per heavy atom. The standard InChI is InChI=1S/C15H19NO2/c1-4-15(2,3)13-14(17)18-10-12(16-13)11-8-6-5-7-9-11/h4-9,12-13,16H,1,10H2,2-3H3/t12-,13-/m1/s1. The molecule has 2 rings (SSSR count). The van der Waals surface area contributed by atoms with Gasteiger partial charge in [-0.3, -0.25) is 10.1 Å². The molecule has 1 heterocycles. The molecule has 0 amide bonds. The molecule has 1 fully saturated rings. The molecule has 0 spiro atoms. The Morgan fingerprint density at radius 2 is 2.06 bits per heavy atom. The molecule has 1 saturated heterocycles. The molecule has 0 radical (unpaired) electrons. The molecule has 1 aliphatic heterocycles. The summed E-state index contributed by atoms with van der Waals surface area (Å²) in [7, 11) is 0. The summed E-state index contributed by atoms with van der Waals surface area (Å²) in [6.07, 6.45) is 1.79. The van der Waals surface area contributed by atoms with Crippen LogP contribution in [0.1, 0.15) is 25.5 Å². The molecular formula is C15H19NO2. The first-order chi connectivity index (χ1) is 8.54. The minimum Gasteiger partial charge on any atom is -0.462 e. The van der Waals surface area contributed by atoms with Gasteiger partial charge in [0.25, 0.3) is 0 Å². The van der Waals surface area contributed by atoms with Gasteiger partial charge in [0.05, 0.1) is 6.04 Å². The highest BCUT2D eigenvalue weighted by molar-refractivity contribution is 5.78. The van der Waals surface area contributed by atoms with Crippen molar-refractivity contribution in [1.29, 1.82) is 0 Å². The topological polar surface area (TPSA) is 38.3 Å². The molecule has 18 heavy (non-hydrogen) atoms. The van der Waals surface area contributed by atoms with Crippen LogP contribution in [0.2, 0.25) is 0 Å². The number of morpholine rings is 1. The van der Waals surface area contributed by atoms with Crippen molar-refractivity contribution in [3.63, 3.8) is 0 Å². The fourth-order valence-electron chi connectivity index (χ4n) is 2.08. The van der Waals surface area contributed by atoms with E-state index in [4.69, 9.17) is 4.74 Å². The zero-order chi connectivity index (χ0) is 13.2. The largest absolute Gasteiger partial charge is 0.462 e. The van der Waals surface area contributed by atoms with E-state index >= 15 is 0 Å². The third kappa shape index (κ3) is 2.46. The molecule has 2 atom stereocenters. The second kappa shape index (κ2) is 4.94. The quantitative estimate of drug-likeness (QED) is 0.656. The summed E-state index contributed by atoms with van der Waals surface area (Å²) >= 11 is 0. The average molecular weight is 245 g/mol. The number of cyclic esters (lactones) is 1. The number of nitrogens with one attached hydrogen (secondary N) is 1. The van der Waals surface area contributed by atoms with Gasteiger partial charge in [-0.25, -0.2) is 0 Å². The fraction of sp³-hybridized carbons (Fsp3) is 0.400. The zero-order valence-corrected chi connectivity index (χ0v) is 10.8. The molecular weight excluding hydrogens is 226 g/mol. The number of ether oxygens (including phenoxy) is 1. The number of hydrogen-bond acceptors (Lipinski definition) is 3. The average Bonchev–Trinajstić information content (AvgIpc) is 2.40. The van der Waals surface area contributed by atoms with Crippen LogP contribution in [-0.2, 0) is 9.53 Å². The van der Waals surface area contributed by atoms with E-state index in [1.54, 1.807) is 6.08 Å². The highest BCUT2D eigenvalue weighted by Crippen LogP contribution is 2.28. The summed E-state index contributed by atoms with van der Waals surface area (Å²) in [6, 6.07) is 9.72. The summed E-state index contributed by atoms with van der Waals surface area (Å²) in [5.41, 5.74) is 0.805. The molecule has 96 valence electrons. The van der Waals surface area contributed by atoms with Crippen molar-refractivity contribution in [1.82, 2.24) is 5.32 Å². The van der Waals surface area contributed by atoms with Crippen molar-refractivity contribution in [3.05, 3.63) is 48.6 Å². The second-order valence-corrected chi connectivity index (χ2v) is 5.22. The predicted molar refractivity (Wildman–Crippen MR) is 71.0 cm³/mol. The van der Waals surface area contributed by atoms with Crippen LogP contribution in [0.5, 0.6) is 0 Å². The van der Waals surface area contributed by atoms with Crippen molar-refractivity contribution in [3.8, 4) is 0 Å². The van der Waals surface area contributed by atoms with E-state index in [1.165, 1.54) is 0 Å². The maximum atomic E-state index is 11.8. The van der Waals surface area contributed by atoms with Crippen molar-refractivity contribution >= 4 is 5.97 Å².